The van der Waals surface area contributed by atoms with Crippen molar-refractivity contribution in [3.05, 3.63) is 59.9 Å². The van der Waals surface area contributed by atoms with Crippen molar-refractivity contribution in [3.63, 3.8) is 0 Å². The van der Waals surface area contributed by atoms with Crippen molar-refractivity contribution in [2.24, 2.45) is 5.92 Å². The highest BCUT2D eigenvalue weighted by atomic mass is 16.1. The molecule has 2 aromatic carbocycles. The fourth-order valence-electron chi connectivity index (χ4n) is 4.53. The molecule has 1 aliphatic rings. The first-order chi connectivity index (χ1) is 14.9. The molecule has 1 amide bonds. The Balaban J connectivity index is 1.35. The molecule has 0 unspecified atom stereocenters. The minimum Gasteiger partial charge on any atom is -0.326 e. The van der Waals surface area contributed by atoms with Crippen LogP contribution in [0.15, 0.2) is 48.5 Å². The van der Waals surface area contributed by atoms with Gasteiger partial charge in [-0.15, -0.1) is 0 Å². The van der Waals surface area contributed by atoms with Crippen molar-refractivity contribution >= 4 is 22.6 Å². The maximum absolute atomic E-state index is 12.8. The number of fused-ring (bicyclic) bond motifs is 1. The summed E-state index contributed by atoms with van der Waals surface area (Å²) in [7, 11) is 0. The van der Waals surface area contributed by atoms with E-state index >= 15 is 0 Å². The normalized spacial score (nSPS) is 15.8. The van der Waals surface area contributed by atoms with Gasteiger partial charge in [-0.1, -0.05) is 38.1 Å². The van der Waals surface area contributed by atoms with Gasteiger partial charge in [0.15, 0.2) is 0 Å². The van der Waals surface area contributed by atoms with Gasteiger partial charge >= 0.3 is 0 Å². The first kappa shape index (κ1) is 21.6. The van der Waals surface area contributed by atoms with E-state index in [0.29, 0.717) is 12.0 Å². The van der Waals surface area contributed by atoms with Crippen LogP contribution in [0.3, 0.4) is 0 Å². The minimum absolute atomic E-state index is 0.0740. The molecule has 3 aromatic rings. The number of anilines is 1. The van der Waals surface area contributed by atoms with Crippen LogP contribution in [0, 0.1) is 5.92 Å². The summed E-state index contributed by atoms with van der Waals surface area (Å²) >= 11 is 0. The van der Waals surface area contributed by atoms with Gasteiger partial charge in [0.1, 0.15) is 5.82 Å². The van der Waals surface area contributed by atoms with E-state index in [-0.39, 0.29) is 11.8 Å². The van der Waals surface area contributed by atoms with Crippen molar-refractivity contribution in [1.82, 2.24) is 14.5 Å². The fourth-order valence-corrected chi connectivity index (χ4v) is 4.53. The summed E-state index contributed by atoms with van der Waals surface area (Å²) in [6.45, 7) is 11.5. The van der Waals surface area contributed by atoms with E-state index in [1.165, 1.54) is 11.1 Å². The zero-order valence-corrected chi connectivity index (χ0v) is 19.1. The number of hydrogen-bond acceptors (Lipinski definition) is 3. The van der Waals surface area contributed by atoms with E-state index in [1.807, 2.05) is 18.2 Å². The molecule has 0 aliphatic carbocycles. The molecule has 1 fully saturated rings. The Kier molecular flexibility index (Phi) is 6.42. The van der Waals surface area contributed by atoms with E-state index < -0.39 is 0 Å². The molecule has 31 heavy (non-hydrogen) atoms. The van der Waals surface area contributed by atoms with Crippen LogP contribution in [-0.4, -0.2) is 33.4 Å². The lowest BCUT2D eigenvalue weighted by atomic mass is 9.95. The van der Waals surface area contributed by atoms with Crippen LogP contribution in [-0.2, 0) is 11.3 Å². The summed E-state index contributed by atoms with van der Waals surface area (Å²) in [6, 6.07) is 17.0. The third-order valence-electron chi connectivity index (χ3n) is 6.35. The molecule has 1 saturated heterocycles. The molecule has 2 heterocycles. The van der Waals surface area contributed by atoms with Gasteiger partial charge in [0.05, 0.1) is 17.6 Å². The Labute approximate surface area is 185 Å². The summed E-state index contributed by atoms with van der Waals surface area (Å²) in [5.41, 5.74) is 4.44. The van der Waals surface area contributed by atoms with Gasteiger partial charge in [-0.2, -0.15) is 0 Å². The zero-order valence-electron chi connectivity index (χ0n) is 19.1. The number of carbonyl (C=O) groups excluding carboxylic acids is 1. The zero-order chi connectivity index (χ0) is 22.0. The van der Waals surface area contributed by atoms with Gasteiger partial charge in [-0.25, -0.2) is 4.98 Å². The van der Waals surface area contributed by atoms with Crippen molar-refractivity contribution in [2.45, 2.75) is 59.0 Å². The highest BCUT2D eigenvalue weighted by Crippen LogP contribution is 2.25. The van der Waals surface area contributed by atoms with Gasteiger partial charge < -0.3 is 9.88 Å². The summed E-state index contributed by atoms with van der Waals surface area (Å²) in [5, 5.41) is 3.11. The molecule has 1 aliphatic heterocycles. The fraction of sp³-hybridized carbons (Fsp3) is 0.462. The standard InChI is InChI=1S/C26H34N4O/c1-18(2)20-9-11-22(12-10-20)27-26(31)21-13-15-29(16-14-21)17-25-28-23-7-5-6-8-24(23)30(25)19(3)4/h5-12,18-19,21H,13-17H2,1-4H3,(H,27,31). The molecule has 164 valence electrons. The summed E-state index contributed by atoms with van der Waals surface area (Å²) in [5.74, 6) is 1.83. The minimum atomic E-state index is 0.0740. The van der Waals surface area contributed by atoms with Crippen LogP contribution in [0.25, 0.3) is 11.0 Å². The third kappa shape index (κ3) is 4.82. The molecule has 0 saturated carbocycles. The molecule has 1 aromatic heterocycles. The predicted octanol–water partition coefficient (Wildman–Crippen LogP) is 5.59. The number of likely N-dealkylation sites (tertiary alicyclic amines) is 1. The van der Waals surface area contributed by atoms with Gasteiger partial charge in [0.25, 0.3) is 0 Å². The maximum Gasteiger partial charge on any atom is 0.227 e. The molecular weight excluding hydrogens is 384 g/mol. The smallest absolute Gasteiger partial charge is 0.227 e. The lowest BCUT2D eigenvalue weighted by Gasteiger charge is -2.31. The third-order valence-corrected chi connectivity index (χ3v) is 6.35. The Morgan fingerprint density at radius 2 is 1.71 bits per heavy atom. The van der Waals surface area contributed by atoms with Gasteiger partial charge in [-0.3, -0.25) is 9.69 Å². The summed E-state index contributed by atoms with van der Waals surface area (Å²) in [4.78, 5) is 20.1. The SMILES string of the molecule is CC(C)c1ccc(NC(=O)C2CCN(Cc3nc4ccccc4n3C(C)C)CC2)cc1. The number of benzene rings is 2. The van der Waals surface area contributed by atoms with Gasteiger partial charge in [0.2, 0.25) is 5.91 Å². The van der Waals surface area contributed by atoms with E-state index in [4.69, 9.17) is 4.98 Å². The Hall–Kier alpha value is -2.66. The van der Waals surface area contributed by atoms with E-state index in [9.17, 15) is 4.79 Å². The number of carbonyl (C=O) groups is 1. The van der Waals surface area contributed by atoms with Crippen LogP contribution in [0.4, 0.5) is 5.69 Å². The maximum atomic E-state index is 12.8. The monoisotopic (exact) mass is 418 g/mol. The molecule has 0 atom stereocenters. The number of para-hydroxylation sites is 2. The number of nitrogens with one attached hydrogen (secondary N) is 1. The largest absolute Gasteiger partial charge is 0.326 e. The number of piperidine rings is 1. The lowest BCUT2D eigenvalue weighted by molar-refractivity contribution is -0.121. The average molecular weight is 419 g/mol. The summed E-state index contributed by atoms with van der Waals surface area (Å²) in [6.07, 6.45) is 1.77. The second-order valence-electron chi connectivity index (χ2n) is 9.30. The van der Waals surface area contributed by atoms with Crippen LogP contribution >= 0.6 is 0 Å². The summed E-state index contributed by atoms with van der Waals surface area (Å²) < 4.78 is 2.34. The average Bonchev–Trinajstić information content (AvgIpc) is 3.12. The van der Waals surface area contributed by atoms with Crippen molar-refractivity contribution < 1.29 is 4.79 Å². The van der Waals surface area contributed by atoms with Crippen LogP contribution in [0.5, 0.6) is 0 Å². The predicted molar refractivity (Wildman–Crippen MR) is 127 cm³/mol. The van der Waals surface area contributed by atoms with Crippen molar-refractivity contribution in [2.75, 3.05) is 18.4 Å². The highest BCUT2D eigenvalue weighted by molar-refractivity contribution is 5.92. The molecule has 4 rings (SSSR count). The molecule has 0 spiro atoms. The first-order valence-corrected chi connectivity index (χ1v) is 11.5. The van der Waals surface area contributed by atoms with Gasteiger partial charge in [0, 0.05) is 17.6 Å². The highest BCUT2D eigenvalue weighted by Gasteiger charge is 2.26. The van der Waals surface area contributed by atoms with Crippen molar-refractivity contribution in [1.29, 1.82) is 0 Å². The number of hydrogen-bond donors (Lipinski definition) is 1. The molecule has 0 bridgehead atoms. The van der Waals surface area contributed by atoms with E-state index in [0.717, 1.165) is 49.5 Å². The Bertz CT molecular complexity index is 1030. The number of rotatable bonds is 6. The molecule has 1 N–H and O–H groups in total. The van der Waals surface area contributed by atoms with Crippen LogP contribution < -0.4 is 5.32 Å². The van der Waals surface area contributed by atoms with Crippen molar-refractivity contribution in [3.8, 4) is 0 Å². The number of nitrogens with zero attached hydrogens (tertiary/aromatic N) is 3. The second-order valence-corrected chi connectivity index (χ2v) is 9.30. The molecule has 0 radical (unpaired) electrons. The van der Waals surface area contributed by atoms with E-state index in [2.05, 4.69) is 72.8 Å². The first-order valence-electron chi connectivity index (χ1n) is 11.5. The van der Waals surface area contributed by atoms with Gasteiger partial charge in [-0.05, 0) is 75.5 Å². The lowest BCUT2D eigenvalue weighted by Crippen LogP contribution is -2.38. The molecule has 5 nitrogen and oxygen atoms in total. The quantitative estimate of drug-likeness (QED) is 0.568. The Morgan fingerprint density at radius 3 is 2.35 bits per heavy atom. The number of amides is 1. The second kappa shape index (κ2) is 9.23. The van der Waals surface area contributed by atoms with E-state index in [1.54, 1.807) is 0 Å². The molecular formula is C26H34N4O. The number of imidazole rings is 1. The topological polar surface area (TPSA) is 50.2 Å². The number of aromatic nitrogens is 2. The Morgan fingerprint density at radius 1 is 1.03 bits per heavy atom. The molecule has 5 heteroatoms. The van der Waals surface area contributed by atoms with Crippen LogP contribution in [0.1, 0.15) is 63.9 Å². The van der Waals surface area contributed by atoms with Crippen LogP contribution in [0.2, 0.25) is 0 Å².